The van der Waals surface area contributed by atoms with Gasteiger partial charge in [-0.3, -0.25) is 4.79 Å². The molecular weight excluding hydrogens is 322 g/mol. The van der Waals surface area contributed by atoms with Crippen molar-refractivity contribution >= 4 is 5.91 Å². The van der Waals surface area contributed by atoms with Crippen LogP contribution in [0.4, 0.5) is 0 Å². The molecule has 1 N–H and O–H groups in total. The number of hydrogen-bond acceptors (Lipinski definition) is 5. The van der Waals surface area contributed by atoms with Crippen LogP contribution in [0.2, 0.25) is 0 Å². The topological polar surface area (TPSA) is 66.0 Å². The van der Waals surface area contributed by atoms with Gasteiger partial charge in [0.2, 0.25) is 0 Å². The molecule has 0 saturated heterocycles. The normalized spacial score (nSPS) is 15.4. The first-order valence-corrected chi connectivity index (χ1v) is 8.18. The summed E-state index contributed by atoms with van der Waals surface area (Å²) in [5.41, 5.74) is 0.498. The Labute approximate surface area is 146 Å². The standard InChI is InChI=1S/C19H21NO5/c1-3-23-16-9-8-13(10-18(16)22-2)19(21)20-11-14-12-24-15-6-4-5-7-17(15)25-14/h4-10,14H,3,11-12H2,1-2H3,(H,20,21)/t14-/m1/s1. The van der Waals surface area contributed by atoms with Crippen LogP contribution in [-0.2, 0) is 0 Å². The monoisotopic (exact) mass is 343 g/mol. The molecular formula is C19H21NO5. The first-order chi connectivity index (χ1) is 12.2. The van der Waals surface area contributed by atoms with Gasteiger partial charge < -0.3 is 24.3 Å². The molecule has 2 aromatic carbocycles. The van der Waals surface area contributed by atoms with Crippen LogP contribution in [0.25, 0.3) is 0 Å². The van der Waals surface area contributed by atoms with Crippen LogP contribution in [0.3, 0.4) is 0 Å². The van der Waals surface area contributed by atoms with Gasteiger partial charge in [-0.1, -0.05) is 12.1 Å². The third kappa shape index (κ3) is 3.96. The smallest absolute Gasteiger partial charge is 0.251 e. The molecule has 1 heterocycles. The van der Waals surface area contributed by atoms with Crippen molar-refractivity contribution in [2.45, 2.75) is 13.0 Å². The van der Waals surface area contributed by atoms with Crippen LogP contribution in [0.15, 0.2) is 42.5 Å². The molecule has 132 valence electrons. The van der Waals surface area contributed by atoms with Crippen molar-refractivity contribution in [2.75, 3.05) is 26.9 Å². The number of carbonyl (C=O) groups is 1. The number of benzene rings is 2. The Bertz CT molecular complexity index is 746. The summed E-state index contributed by atoms with van der Waals surface area (Å²) in [4.78, 5) is 12.4. The minimum Gasteiger partial charge on any atom is -0.493 e. The van der Waals surface area contributed by atoms with E-state index in [2.05, 4.69) is 5.32 Å². The summed E-state index contributed by atoms with van der Waals surface area (Å²) in [6.45, 7) is 3.17. The van der Waals surface area contributed by atoms with Gasteiger partial charge in [0.05, 0.1) is 20.3 Å². The van der Waals surface area contributed by atoms with Crippen LogP contribution in [-0.4, -0.2) is 38.9 Å². The van der Waals surface area contributed by atoms with Crippen molar-refractivity contribution in [3.8, 4) is 23.0 Å². The maximum absolute atomic E-state index is 12.4. The molecule has 0 saturated carbocycles. The van der Waals surface area contributed by atoms with E-state index >= 15 is 0 Å². The van der Waals surface area contributed by atoms with Gasteiger partial charge in [-0.25, -0.2) is 0 Å². The van der Waals surface area contributed by atoms with E-state index in [1.54, 1.807) is 25.3 Å². The lowest BCUT2D eigenvalue weighted by Gasteiger charge is -2.26. The molecule has 1 aliphatic heterocycles. The lowest BCUT2D eigenvalue weighted by Crippen LogP contribution is -2.40. The highest BCUT2D eigenvalue weighted by atomic mass is 16.6. The molecule has 6 heteroatoms. The molecule has 0 fully saturated rings. The number of rotatable bonds is 6. The Kier molecular flexibility index (Phi) is 5.28. The first-order valence-electron chi connectivity index (χ1n) is 8.18. The van der Waals surface area contributed by atoms with E-state index in [9.17, 15) is 4.79 Å². The molecule has 0 spiro atoms. The van der Waals surface area contributed by atoms with Crippen LogP contribution < -0.4 is 24.3 Å². The van der Waals surface area contributed by atoms with Crippen LogP contribution >= 0.6 is 0 Å². The maximum Gasteiger partial charge on any atom is 0.251 e. The van der Waals surface area contributed by atoms with Gasteiger partial charge in [-0.2, -0.15) is 0 Å². The highest BCUT2D eigenvalue weighted by molar-refractivity contribution is 5.94. The van der Waals surface area contributed by atoms with E-state index in [0.29, 0.717) is 42.6 Å². The van der Waals surface area contributed by atoms with Gasteiger partial charge in [-0.15, -0.1) is 0 Å². The summed E-state index contributed by atoms with van der Waals surface area (Å²) in [7, 11) is 1.55. The Morgan fingerprint density at radius 1 is 1.20 bits per heavy atom. The summed E-state index contributed by atoms with van der Waals surface area (Å²) < 4.78 is 22.2. The van der Waals surface area contributed by atoms with E-state index in [0.717, 1.165) is 5.75 Å². The highest BCUT2D eigenvalue weighted by Gasteiger charge is 2.21. The summed E-state index contributed by atoms with van der Waals surface area (Å²) in [5, 5.41) is 2.86. The summed E-state index contributed by atoms with van der Waals surface area (Å²) in [6.07, 6.45) is -0.233. The van der Waals surface area contributed by atoms with Crippen LogP contribution in [0, 0.1) is 0 Å². The van der Waals surface area contributed by atoms with E-state index in [1.165, 1.54) is 0 Å². The van der Waals surface area contributed by atoms with Crippen molar-refractivity contribution < 1.29 is 23.7 Å². The Hall–Kier alpha value is -2.89. The van der Waals surface area contributed by atoms with Gasteiger partial charge in [0.1, 0.15) is 12.7 Å². The molecule has 0 unspecified atom stereocenters. The molecule has 6 nitrogen and oxygen atoms in total. The van der Waals surface area contributed by atoms with Crippen molar-refractivity contribution in [3.05, 3.63) is 48.0 Å². The predicted molar refractivity (Wildman–Crippen MR) is 92.8 cm³/mol. The molecule has 25 heavy (non-hydrogen) atoms. The molecule has 0 radical (unpaired) electrons. The van der Waals surface area contributed by atoms with Gasteiger partial charge in [0.15, 0.2) is 23.0 Å². The Morgan fingerprint density at radius 2 is 2.00 bits per heavy atom. The number of amides is 1. The average molecular weight is 343 g/mol. The Balaban J connectivity index is 1.60. The fourth-order valence-electron chi connectivity index (χ4n) is 2.56. The number of ether oxygens (including phenoxy) is 4. The maximum atomic E-state index is 12.4. The second-order valence-corrected chi connectivity index (χ2v) is 5.51. The van der Waals surface area contributed by atoms with E-state index in [-0.39, 0.29) is 12.0 Å². The quantitative estimate of drug-likeness (QED) is 0.873. The number of para-hydroxylation sites is 2. The zero-order chi connectivity index (χ0) is 17.6. The molecule has 0 aliphatic carbocycles. The molecule has 0 bridgehead atoms. The highest BCUT2D eigenvalue weighted by Crippen LogP contribution is 2.31. The number of nitrogens with one attached hydrogen (secondary N) is 1. The van der Waals surface area contributed by atoms with Crippen LogP contribution in [0.1, 0.15) is 17.3 Å². The lowest BCUT2D eigenvalue weighted by molar-refractivity contribution is 0.0789. The number of fused-ring (bicyclic) bond motifs is 1. The molecule has 1 amide bonds. The van der Waals surface area contributed by atoms with Crippen molar-refractivity contribution in [1.29, 1.82) is 0 Å². The van der Waals surface area contributed by atoms with E-state index in [1.807, 2.05) is 31.2 Å². The number of carbonyl (C=O) groups excluding carboxylic acids is 1. The molecule has 2 aromatic rings. The van der Waals surface area contributed by atoms with Crippen molar-refractivity contribution in [2.24, 2.45) is 0 Å². The minimum absolute atomic E-state index is 0.205. The van der Waals surface area contributed by atoms with Gasteiger partial charge >= 0.3 is 0 Å². The van der Waals surface area contributed by atoms with Crippen LogP contribution in [0.5, 0.6) is 23.0 Å². The molecule has 1 atom stereocenters. The number of hydrogen-bond donors (Lipinski definition) is 1. The fraction of sp³-hybridized carbons (Fsp3) is 0.316. The lowest BCUT2D eigenvalue weighted by atomic mass is 10.2. The largest absolute Gasteiger partial charge is 0.493 e. The molecule has 0 aromatic heterocycles. The summed E-state index contributed by atoms with van der Waals surface area (Å²) in [6, 6.07) is 12.6. The average Bonchev–Trinajstić information content (AvgIpc) is 2.66. The predicted octanol–water partition coefficient (Wildman–Crippen LogP) is 2.66. The fourth-order valence-corrected chi connectivity index (χ4v) is 2.56. The third-order valence-electron chi connectivity index (χ3n) is 3.78. The van der Waals surface area contributed by atoms with Gasteiger partial charge in [0.25, 0.3) is 5.91 Å². The summed E-state index contributed by atoms with van der Waals surface area (Å²) in [5.74, 6) is 2.35. The summed E-state index contributed by atoms with van der Waals surface area (Å²) >= 11 is 0. The van der Waals surface area contributed by atoms with Gasteiger partial charge in [-0.05, 0) is 37.3 Å². The number of methoxy groups -OCH3 is 1. The molecule has 3 rings (SSSR count). The van der Waals surface area contributed by atoms with Crippen molar-refractivity contribution in [1.82, 2.24) is 5.32 Å². The van der Waals surface area contributed by atoms with Crippen molar-refractivity contribution in [3.63, 3.8) is 0 Å². The Morgan fingerprint density at radius 3 is 2.76 bits per heavy atom. The van der Waals surface area contributed by atoms with E-state index < -0.39 is 0 Å². The zero-order valence-corrected chi connectivity index (χ0v) is 14.3. The molecule has 1 aliphatic rings. The minimum atomic E-state index is -0.233. The second kappa shape index (κ2) is 7.79. The second-order valence-electron chi connectivity index (χ2n) is 5.51. The van der Waals surface area contributed by atoms with E-state index in [4.69, 9.17) is 18.9 Å². The van der Waals surface area contributed by atoms with Gasteiger partial charge in [0, 0.05) is 5.56 Å². The first kappa shape index (κ1) is 17.0. The SMILES string of the molecule is CCOc1ccc(C(=O)NC[C@@H]2COc3ccccc3O2)cc1OC. The third-order valence-corrected chi connectivity index (χ3v) is 3.78. The zero-order valence-electron chi connectivity index (χ0n) is 14.3.